The van der Waals surface area contributed by atoms with Gasteiger partial charge in [0, 0.05) is 16.2 Å². The Bertz CT molecular complexity index is 730. The number of nitrogen functional groups attached to an aromatic ring is 1. The van der Waals surface area contributed by atoms with Crippen molar-refractivity contribution in [2.75, 3.05) is 18.6 Å². The summed E-state index contributed by atoms with van der Waals surface area (Å²) in [6, 6.07) is 5.57. The maximum absolute atomic E-state index is 11.2. The summed E-state index contributed by atoms with van der Waals surface area (Å²) in [5.74, 6) is 0.669. The number of esters is 1. The number of carbonyl (C=O) groups excluding carboxylic acids is 1. The van der Waals surface area contributed by atoms with E-state index in [2.05, 4.69) is 14.8 Å². The number of ether oxygens (including phenoxy) is 1. The van der Waals surface area contributed by atoms with Gasteiger partial charge in [0.2, 0.25) is 5.95 Å². The van der Waals surface area contributed by atoms with Gasteiger partial charge in [-0.05, 0) is 19.1 Å². The topological polar surface area (TPSA) is 82.5 Å². The third-order valence-corrected chi connectivity index (χ3v) is 4.36. The average molecular weight is 353 g/mol. The minimum atomic E-state index is -0.239. The molecule has 0 fully saturated rings. The van der Waals surface area contributed by atoms with E-state index in [1.165, 1.54) is 23.5 Å². The molecule has 0 amide bonds. The Morgan fingerprint density at radius 1 is 1.57 bits per heavy atom. The number of nitrogens with two attached hydrogens (primary N) is 1. The van der Waals surface area contributed by atoms with Crippen molar-refractivity contribution in [3.63, 3.8) is 0 Å². The van der Waals surface area contributed by atoms with E-state index in [1.54, 1.807) is 18.5 Å². The van der Waals surface area contributed by atoms with Gasteiger partial charge < -0.3 is 10.5 Å². The zero-order valence-corrected chi connectivity index (χ0v) is 14.4. The summed E-state index contributed by atoms with van der Waals surface area (Å²) in [6.07, 6.45) is 3.70. The summed E-state index contributed by atoms with van der Waals surface area (Å²) in [6.45, 7) is 1.84. The molecule has 0 bridgehead atoms. The fraction of sp³-hybridized carbons (Fsp3) is 0.267. The number of benzene rings is 1. The highest BCUT2D eigenvalue weighted by Crippen LogP contribution is 2.28. The van der Waals surface area contributed by atoms with Gasteiger partial charge in [0.05, 0.1) is 36.7 Å². The lowest BCUT2D eigenvalue weighted by Crippen LogP contribution is -2.01. The number of hydrogen-bond donors (Lipinski definition) is 1. The fourth-order valence-corrected chi connectivity index (χ4v) is 3.09. The van der Waals surface area contributed by atoms with E-state index < -0.39 is 0 Å². The van der Waals surface area contributed by atoms with Gasteiger partial charge in [-0.1, -0.05) is 17.7 Å². The molecule has 2 rings (SSSR count). The van der Waals surface area contributed by atoms with Crippen molar-refractivity contribution in [1.29, 1.82) is 0 Å². The van der Waals surface area contributed by atoms with Crippen LogP contribution in [-0.4, -0.2) is 34.7 Å². The van der Waals surface area contributed by atoms with E-state index in [0.29, 0.717) is 23.1 Å². The zero-order chi connectivity index (χ0) is 16.8. The van der Waals surface area contributed by atoms with Crippen molar-refractivity contribution >= 4 is 41.5 Å². The quantitative estimate of drug-likeness (QED) is 0.491. The van der Waals surface area contributed by atoms with Crippen molar-refractivity contribution in [2.45, 2.75) is 18.2 Å². The van der Waals surface area contributed by atoms with Crippen LogP contribution >= 0.6 is 23.4 Å². The predicted molar refractivity (Wildman–Crippen MR) is 93.2 cm³/mol. The second kappa shape index (κ2) is 8.03. The normalized spacial score (nSPS) is 11.1. The number of carbonyl (C=O) groups is 1. The molecule has 122 valence electrons. The van der Waals surface area contributed by atoms with Crippen molar-refractivity contribution in [3.05, 3.63) is 40.7 Å². The van der Waals surface area contributed by atoms with E-state index in [0.717, 1.165) is 16.2 Å². The van der Waals surface area contributed by atoms with E-state index in [4.69, 9.17) is 17.3 Å². The van der Waals surface area contributed by atoms with Crippen LogP contribution in [0.3, 0.4) is 0 Å². The van der Waals surface area contributed by atoms with Crippen LogP contribution in [0, 0.1) is 6.92 Å². The number of imidazole rings is 1. The van der Waals surface area contributed by atoms with E-state index in [1.807, 2.05) is 19.1 Å². The Balaban J connectivity index is 2.17. The van der Waals surface area contributed by atoms with Crippen molar-refractivity contribution in [3.8, 4) is 0 Å². The molecule has 0 unspecified atom stereocenters. The predicted octanol–water partition coefficient (Wildman–Crippen LogP) is 2.96. The van der Waals surface area contributed by atoms with Crippen molar-refractivity contribution in [1.82, 2.24) is 9.66 Å². The van der Waals surface area contributed by atoms with Gasteiger partial charge in [0.1, 0.15) is 0 Å². The van der Waals surface area contributed by atoms with Crippen LogP contribution in [0.1, 0.15) is 17.7 Å². The van der Waals surface area contributed by atoms with Crippen LogP contribution < -0.4 is 5.73 Å². The third-order valence-electron chi connectivity index (χ3n) is 2.95. The molecule has 0 aliphatic rings. The molecule has 23 heavy (non-hydrogen) atoms. The number of nitrogens with zero attached hydrogens (tertiary/aromatic N) is 3. The highest BCUT2D eigenvalue weighted by atomic mass is 35.5. The Morgan fingerprint density at radius 3 is 3.00 bits per heavy atom. The summed E-state index contributed by atoms with van der Waals surface area (Å²) in [4.78, 5) is 16.2. The second-order valence-electron chi connectivity index (χ2n) is 4.66. The fourth-order valence-electron chi connectivity index (χ4n) is 1.83. The monoisotopic (exact) mass is 352 g/mol. The molecule has 0 saturated carbocycles. The lowest BCUT2D eigenvalue weighted by molar-refractivity contribution is -0.140. The summed E-state index contributed by atoms with van der Waals surface area (Å²) >= 11 is 7.77. The maximum Gasteiger partial charge on any atom is 0.306 e. The molecule has 1 aromatic heterocycles. The van der Waals surface area contributed by atoms with Gasteiger partial charge in [-0.15, -0.1) is 11.8 Å². The Labute approximate surface area is 143 Å². The molecule has 8 heteroatoms. The number of halogens is 1. The number of rotatable bonds is 6. The molecule has 0 atom stereocenters. The SMILES string of the molecule is COC(=O)CCSc1cccc(Cl)c1C=Nn1cc(C)nc1N. The minimum absolute atomic E-state index is 0.239. The average Bonchev–Trinajstić information content (AvgIpc) is 2.84. The van der Waals surface area contributed by atoms with Gasteiger partial charge in [-0.25, -0.2) is 9.66 Å². The molecule has 0 saturated heterocycles. The summed E-state index contributed by atoms with van der Waals surface area (Å²) in [5.41, 5.74) is 7.32. The molecule has 6 nitrogen and oxygen atoms in total. The first kappa shape index (κ1) is 17.4. The van der Waals surface area contributed by atoms with Gasteiger partial charge in [0.25, 0.3) is 0 Å². The smallest absolute Gasteiger partial charge is 0.306 e. The lowest BCUT2D eigenvalue weighted by Gasteiger charge is -2.07. The van der Waals surface area contributed by atoms with Crippen LogP contribution in [-0.2, 0) is 9.53 Å². The van der Waals surface area contributed by atoms with Crippen LogP contribution in [0.4, 0.5) is 5.95 Å². The number of thioether (sulfide) groups is 1. The Hall–Kier alpha value is -1.99. The van der Waals surface area contributed by atoms with E-state index in [-0.39, 0.29) is 5.97 Å². The molecular weight excluding hydrogens is 336 g/mol. The molecule has 0 aliphatic heterocycles. The van der Waals surface area contributed by atoms with Gasteiger partial charge >= 0.3 is 5.97 Å². The van der Waals surface area contributed by atoms with Gasteiger partial charge in [-0.2, -0.15) is 5.10 Å². The largest absolute Gasteiger partial charge is 0.469 e. The molecule has 1 aromatic carbocycles. The molecule has 0 aliphatic carbocycles. The van der Waals surface area contributed by atoms with E-state index >= 15 is 0 Å². The molecule has 0 radical (unpaired) electrons. The Morgan fingerprint density at radius 2 is 2.35 bits per heavy atom. The molecular formula is C15H17ClN4O2S. The number of methoxy groups -OCH3 is 1. The van der Waals surface area contributed by atoms with Crippen LogP contribution in [0.5, 0.6) is 0 Å². The Kier molecular flexibility index (Phi) is 6.06. The maximum atomic E-state index is 11.2. The molecule has 2 N–H and O–H groups in total. The zero-order valence-electron chi connectivity index (χ0n) is 12.8. The third kappa shape index (κ3) is 4.74. The molecule has 1 heterocycles. The number of aromatic nitrogens is 2. The highest BCUT2D eigenvalue weighted by Gasteiger charge is 2.08. The van der Waals surface area contributed by atoms with Crippen LogP contribution in [0.25, 0.3) is 0 Å². The van der Waals surface area contributed by atoms with E-state index in [9.17, 15) is 4.79 Å². The van der Waals surface area contributed by atoms with Crippen molar-refractivity contribution in [2.24, 2.45) is 5.10 Å². The summed E-state index contributed by atoms with van der Waals surface area (Å²) < 4.78 is 6.12. The minimum Gasteiger partial charge on any atom is -0.469 e. The second-order valence-corrected chi connectivity index (χ2v) is 6.20. The standard InChI is InChI=1S/C15H17ClN4O2S/c1-10-9-20(15(17)19-10)18-8-11-12(16)4-3-5-13(11)23-7-6-14(21)22-2/h3-5,8-9H,6-7H2,1-2H3,(H2,17,19). The molecule has 0 spiro atoms. The first-order valence-corrected chi connectivity index (χ1v) is 8.21. The van der Waals surface area contributed by atoms with Gasteiger partial charge in [-0.3, -0.25) is 4.79 Å². The number of aryl methyl sites for hydroxylation is 1. The highest BCUT2D eigenvalue weighted by molar-refractivity contribution is 7.99. The van der Waals surface area contributed by atoms with Crippen LogP contribution in [0.2, 0.25) is 5.02 Å². The lowest BCUT2D eigenvalue weighted by atomic mass is 10.2. The summed E-state index contributed by atoms with van der Waals surface area (Å²) in [7, 11) is 1.38. The van der Waals surface area contributed by atoms with Gasteiger partial charge in [0.15, 0.2) is 0 Å². The van der Waals surface area contributed by atoms with Crippen molar-refractivity contribution < 1.29 is 9.53 Å². The number of anilines is 1. The first-order chi connectivity index (χ1) is 11.0. The molecule has 2 aromatic rings. The first-order valence-electron chi connectivity index (χ1n) is 6.85. The summed E-state index contributed by atoms with van der Waals surface area (Å²) in [5, 5.41) is 4.87. The van der Waals surface area contributed by atoms with Crippen LogP contribution in [0.15, 0.2) is 34.4 Å². The number of hydrogen-bond acceptors (Lipinski definition) is 6.